The molecule has 0 amide bonds. The first kappa shape index (κ1) is 41.4. The fourth-order valence-corrected chi connectivity index (χ4v) is 65.0. The Balaban J connectivity index is 1.18. The van der Waals surface area contributed by atoms with Crippen LogP contribution in [0.1, 0.15) is 64.7 Å². The van der Waals surface area contributed by atoms with Crippen LogP contribution in [-0.4, -0.2) is 163 Å². The van der Waals surface area contributed by atoms with Crippen molar-refractivity contribution in [1.29, 1.82) is 0 Å². The Morgan fingerprint density at radius 1 is 0.305 bits per heavy atom. The summed E-state index contributed by atoms with van der Waals surface area (Å²) in [5.41, 5.74) is -2.19. The highest BCUT2D eigenvalue weighted by molar-refractivity contribution is 7.04. The highest BCUT2D eigenvalue weighted by Gasteiger charge is 2.88. The average Bonchev–Trinajstić information content (AvgIpc) is 4.07. The first-order chi connectivity index (χ1) is 28.8. The highest BCUT2D eigenvalue weighted by atomic mass is 28.6. The largest absolute Gasteiger partial charge is 0.484 e. The minimum absolute atomic E-state index is 0.305. The molecule has 0 aromatic rings. The third-order valence-corrected chi connectivity index (χ3v) is 53.1. The van der Waals surface area contributed by atoms with Gasteiger partial charge in [-0.1, -0.05) is 13.3 Å². The molecule has 7 unspecified atom stereocenters. The van der Waals surface area contributed by atoms with Crippen LogP contribution in [0.2, 0.25) is 44.8 Å². The van der Waals surface area contributed by atoms with Crippen LogP contribution in [0.3, 0.4) is 0 Å². The lowest BCUT2D eigenvalue weighted by Crippen LogP contribution is -2.91. The lowest BCUT2D eigenvalue weighted by Gasteiger charge is -2.66. The first-order valence-corrected chi connectivity index (χ1v) is 36.8. The molecule has 0 aromatic carbocycles. The summed E-state index contributed by atoms with van der Waals surface area (Å²) in [6.07, 6.45) is 6.05. The molecule has 332 valence electrons. The number of hydrogen-bond donors (Lipinski definition) is 0. The van der Waals surface area contributed by atoms with E-state index in [9.17, 15) is 0 Å². The van der Waals surface area contributed by atoms with E-state index < -0.39 is 70.4 Å². The van der Waals surface area contributed by atoms with E-state index in [1.807, 2.05) is 0 Å². The van der Waals surface area contributed by atoms with Crippen molar-refractivity contribution < 1.29 is 82.5 Å². The van der Waals surface area contributed by atoms with Crippen molar-refractivity contribution in [3.63, 3.8) is 0 Å². The Morgan fingerprint density at radius 3 is 0.678 bits per heavy atom. The second-order valence-electron chi connectivity index (χ2n) is 18.2. The Labute approximate surface area is 353 Å². The van der Waals surface area contributed by atoms with Crippen molar-refractivity contribution in [3.05, 3.63) is 0 Å². The van der Waals surface area contributed by atoms with E-state index in [1.165, 1.54) is 0 Å². The molecule has 7 atom stereocenters. The van der Waals surface area contributed by atoms with Gasteiger partial charge in [-0.3, -0.25) is 0 Å². The van der Waals surface area contributed by atoms with Crippen molar-refractivity contribution in [2.45, 2.75) is 110 Å². The van der Waals surface area contributed by atoms with E-state index in [0.717, 1.165) is 12.8 Å². The summed E-state index contributed by atoms with van der Waals surface area (Å²) in [5.74, 6) is 0. The van der Waals surface area contributed by atoms with Crippen molar-refractivity contribution in [1.82, 2.24) is 0 Å². The standard InChI is InChI=1S/C32H58O19Si8/c1-2-3-18-52-40-53(26-4-11-33-19-26)43-56(29-7-14-36-22-29)45-54(41-52,27-5-12-34-20-27)47-58(31-9-16-38-24-31)48-55(42-52,28-6-13-35-21-28)46-57(44-53,30-8-15-37-23-30)50-59(49-56,51-58)32-10-17-39-25-32/h26-32H,2-25H2,1H3. The molecule has 0 aromatic heterocycles. The van der Waals surface area contributed by atoms with Gasteiger partial charge in [0.15, 0.2) is 0 Å². The first-order valence-electron chi connectivity index (χ1n) is 22.2. The van der Waals surface area contributed by atoms with Crippen LogP contribution in [0.5, 0.6) is 0 Å². The Bertz CT molecular complexity index is 1370. The topological polar surface area (TPSA) is 175 Å². The predicted octanol–water partition coefficient (Wildman–Crippen LogP) is 3.10. The van der Waals surface area contributed by atoms with Crippen LogP contribution < -0.4 is 0 Å². The van der Waals surface area contributed by atoms with Gasteiger partial charge in [0.05, 0.1) is 85.0 Å². The van der Waals surface area contributed by atoms with Gasteiger partial charge in [0.1, 0.15) is 0 Å². The van der Waals surface area contributed by atoms with Crippen molar-refractivity contribution in [2.75, 3.05) is 92.5 Å². The lowest BCUT2D eigenvalue weighted by molar-refractivity contribution is -0.0469. The van der Waals surface area contributed by atoms with Crippen molar-refractivity contribution >= 4 is 70.4 Å². The van der Waals surface area contributed by atoms with Gasteiger partial charge in [0, 0.05) is 52.3 Å². The maximum atomic E-state index is 8.10. The minimum atomic E-state index is -4.24. The van der Waals surface area contributed by atoms with E-state index in [4.69, 9.17) is 82.5 Å². The molecule has 13 rings (SSSR count). The smallest absolute Gasteiger partial charge is 0.381 e. The highest BCUT2D eigenvalue weighted by Crippen LogP contribution is 2.63. The van der Waals surface area contributed by atoms with Crippen LogP contribution in [0.15, 0.2) is 0 Å². The predicted molar refractivity (Wildman–Crippen MR) is 213 cm³/mol. The maximum Gasteiger partial charge on any atom is 0.484 e. The van der Waals surface area contributed by atoms with E-state index >= 15 is 0 Å². The van der Waals surface area contributed by atoms with Gasteiger partial charge in [0.25, 0.3) is 0 Å². The zero-order chi connectivity index (χ0) is 39.4. The molecule has 0 radical (unpaired) electrons. The van der Waals surface area contributed by atoms with Gasteiger partial charge in [-0.15, -0.1) is 0 Å². The molecule has 59 heavy (non-hydrogen) atoms. The van der Waals surface area contributed by atoms with Gasteiger partial charge in [0.2, 0.25) is 0 Å². The molecule has 13 aliphatic rings. The summed E-state index contributed by atoms with van der Waals surface area (Å²) in [6.45, 7) is 8.28. The van der Waals surface area contributed by atoms with E-state index in [1.54, 1.807) is 0 Å². The summed E-state index contributed by atoms with van der Waals surface area (Å²) >= 11 is 0. The minimum Gasteiger partial charge on any atom is -0.381 e. The van der Waals surface area contributed by atoms with Crippen LogP contribution >= 0.6 is 0 Å². The van der Waals surface area contributed by atoms with Gasteiger partial charge in [-0.05, 0) is 51.4 Å². The lowest BCUT2D eigenvalue weighted by atomic mass is 10.4. The second-order valence-corrected chi connectivity index (χ2v) is 44.0. The SMILES string of the molecule is CCCC[Si]12O[Si]3(C4CCOC4)O[Si]4(C5CCOC5)O[Si](C5CCOC5)(O1)O[Si]1(C5CCOC5)O[Si](C5CCOC5)(O2)O[Si](C2CCOC2)(O3)O[Si](C2CCOC2)(O4)O1. The van der Waals surface area contributed by atoms with Crippen LogP contribution in [0, 0.1) is 0 Å². The van der Waals surface area contributed by atoms with Crippen LogP contribution in [0.4, 0.5) is 0 Å². The summed E-state index contributed by atoms with van der Waals surface area (Å²) in [6, 6.07) is 0.451. The average molecular weight is 971 g/mol. The number of rotatable bonds is 10. The van der Waals surface area contributed by atoms with E-state index in [0.29, 0.717) is 143 Å². The summed E-state index contributed by atoms with van der Waals surface area (Å²) in [5, 5.41) is 0. The molecule has 13 saturated heterocycles. The quantitative estimate of drug-likeness (QED) is 0.292. The monoisotopic (exact) mass is 970 g/mol. The van der Waals surface area contributed by atoms with Gasteiger partial charge >= 0.3 is 70.4 Å². The van der Waals surface area contributed by atoms with E-state index in [-0.39, 0.29) is 38.8 Å². The molecule has 27 heteroatoms. The van der Waals surface area contributed by atoms with Crippen LogP contribution in [-0.2, 0) is 82.5 Å². The number of hydrogen-bond acceptors (Lipinski definition) is 19. The zero-order valence-electron chi connectivity index (χ0n) is 33.8. The third-order valence-electron chi connectivity index (χ3n) is 14.3. The maximum absolute atomic E-state index is 8.10. The van der Waals surface area contributed by atoms with Gasteiger partial charge < -0.3 is 82.5 Å². The van der Waals surface area contributed by atoms with E-state index in [2.05, 4.69) is 6.92 Å². The molecule has 0 saturated carbocycles. The molecule has 0 aliphatic carbocycles. The summed E-state index contributed by atoms with van der Waals surface area (Å²) in [4.78, 5) is 0. The molecule has 0 spiro atoms. The third kappa shape index (κ3) is 6.70. The number of unbranched alkanes of at least 4 members (excludes halogenated alkanes) is 1. The molecule has 13 fully saturated rings. The zero-order valence-corrected chi connectivity index (χ0v) is 41.8. The Kier molecular flexibility index (Phi) is 10.9. The molecule has 19 nitrogen and oxygen atoms in total. The summed E-state index contributed by atoms with van der Waals surface area (Å²) in [7, 11) is -33.6. The molecule has 0 N–H and O–H groups in total. The fraction of sp³-hybridized carbons (Fsp3) is 1.00. The van der Waals surface area contributed by atoms with Crippen LogP contribution in [0.25, 0.3) is 0 Å². The second kappa shape index (κ2) is 15.5. The molecular formula is C32H58O19Si8. The molecule has 8 bridgehead atoms. The van der Waals surface area contributed by atoms with Gasteiger partial charge in [-0.25, -0.2) is 0 Å². The van der Waals surface area contributed by atoms with Gasteiger partial charge in [-0.2, -0.15) is 0 Å². The van der Waals surface area contributed by atoms with Crippen molar-refractivity contribution in [2.24, 2.45) is 0 Å². The summed E-state index contributed by atoms with van der Waals surface area (Å²) < 4.78 is 140. The molecule has 13 aliphatic heterocycles. The van der Waals surface area contributed by atoms with Crippen molar-refractivity contribution in [3.8, 4) is 0 Å². The fourth-order valence-electron chi connectivity index (χ4n) is 10.9. The number of ether oxygens (including phenoxy) is 7. The molecule has 13 heterocycles. The normalized spacial score (nSPS) is 55.8. The Morgan fingerprint density at radius 2 is 0.508 bits per heavy atom. The molecular weight excluding hydrogens is 913 g/mol. The Hall–Kier alpha value is 0.975.